The first-order chi connectivity index (χ1) is 12.7. The zero-order chi connectivity index (χ0) is 18.4. The zero-order valence-corrected chi connectivity index (χ0v) is 15.5. The van der Waals surface area contributed by atoms with Gasteiger partial charge >= 0.3 is 0 Å². The van der Waals surface area contributed by atoms with Crippen LogP contribution in [0.3, 0.4) is 0 Å². The van der Waals surface area contributed by atoms with Crippen molar-refractivity contribution < 1.29 is 18.8 Å². The normalized spacial score (nSPS) is 16.3. The topological polar surface area (TPSA) is 59.2 Å². The van der Waals surface area contributed by atoms with Crippen molar-refractivity contribution >= 4 is 11.6 Å². The standard InChI is InChI=1S/C20H27N3O3/c1-3-20(24)21-15-18(19-5-4-14-26-19)23-12-10-22(11-13-23)16-6-8-17(25-2)9-7-16/h4-9,14,18H,3,10-13,15H2,1-2H3,(H,21,24)/p+1/t18-/m1/s1. The summed E-state index contributed by atoms with van der Waals surface area (Å²) in [6, 6.07) is 12.3. The van der Waals surface area contributed by atoms with Crippen LogP contribution in [-0.2, 0) is 4.79 Å². The lowest BCUT2D eigenvalue weighted by molar-refractivity contribution is -0.932. The predicted molar refractivity (Wildman–Crippen MR) is 101 cm³/mol. The molecule has 0 saturated carbocycles. The number of rotatable bonds is 7. The highest BCUT2D eigenvalue weighted by atomic mass is 16.5. The summed E-state index contributed by atoms with van der Waals surface area (Å²) in [5, 5.41) is 3.03. The van der Waals surface area contributed by atoms with Gasteiger partial charge in [0.25, 0.3) is 0 Å². The van der Waals surface area contributed by atoms with Crippen molar-refractivity contribution in [3.63, 3.8) is 0 Å². The van der Waals surface area contributed by atoms with Gasteiger partial charge in [-0.1, -0.05) is 6.92 Å². The molecule has 1 aliphatic rings. The number of piperazine rings is 1. The summed E-state index contributed by atoms with van der Waals surface area (Å²) in [6.45, 7) is 6.43. The van der Waals surface area contributed by atoms with Gasteiger partial charge in [-0.25, -0.2) is 0 Å². The van der Waals surface area contributed by atoms with Gasteiger partial charge in [-0.2, -0.15) is 0 Å². The summed E-state index contributed by atoms with van der Waals surface area (Å²) in [5.74, 6) is 1.90. The molecule has 0 unspecified atom stereocenters. The number of carbonyl (C=O) groups excluding carboxylic acids is 1. The number of nitrogens with one attached hydrogen (secondary N) is 2. The molecule has 0 aliphatic carbocycles. The maximum absolute atomic E-state index is 11.7. The highest BCUT2D eigenvalue weighted by Gasteiger charge is 2.30. The van der Waals surface area contributed by atoms with Gasteiger partial charge in [-0.05, 0) is 36.4 Å². The van der Waals surface area contributed by atoms with E-state index in [-0.39, 0.29) is 11.9 Å². The Morgan fingerprint density at radius 1 is 1.27 bits per heavy atom. The van der Waals surface area contributed by atoms with E-state index in [9.17, 15) is 4.79 Å². The van der Waals surface area contributed by atoms with Crippen molar-refractivity contribution in [2.75, 3.05) is 44.7 Å². The molecule has 1 amide bonds. The third kappa shape index (κ3) is 4.38. The zero-order valence-electron chi connectivity index (χ0n) is 15.5. The Kier molecular flexibility index (Phi) is 6.17. The molecule has 1 aliphatic heterocycles. The molecule has 0 spiro atoms. The van der Waals surface area contributed by atoms with Crippen LogP contribution >= 0.6 is 0 Å². The summed E-state index contributed by atoms with van der Waals surface area (Å²) in [4.78, 5) is 15.5. The van der Waals surface area contributed by atoms with E-state index in [1.165, 1.54) is 10.6 Å². The molecule has 0 bridgehead atoms. The van der Waals surface area contributed by atoms with Crippen molar-refractivity contribution in [2.45, 2.75) is 19.4 Å². The molecular formula is C20H28N3O3+. The van der Waals surface area contributed by atoms with Crippen molar-refractivity contribution in [3.05, 3.63) is 48.4 Å². The van der Waals surface area contributed by atoms with E-state index >= 15 is 0 Å². The van der Waals surface area contributed by atoms with Gasteiger partial charge < -0.3 is 24.3 Å². The molecule has 1 fully saturated rings. The number of methoxy groups -OCH3 is 1. The van der Waals surface area contributed by atoms with Crippen molar-refractivity contribution in [3.8, 4) is 5.75 Å². The minimum Gasteiger partial charge on any atom is -0.497 e. The molecule has 2 N–H and O–H groups in total. The molecule has 1 aromatic carbocycles. The first-order valence-corrected chi connectivity index (χ1v) is 9.25. The number of quaternary nitrogens is 1. The molecule has 1 atom stereocenters. The van der Waals surface area contributed by atoms with Gasteiger partial charge in [0, 0.05) is 12.1 Å². The average Bonchev–Trinajstić information content (AvgIpc) is 3.23. The SMILES string of the molecule is CCC(=O)NC[C@H](c1ccco1)[NH+]1CCN(c2ccc(OC)cc2)CC1. The van der Waals surface area contributed by atoms with E-state index in [4.69, 9.17) is 9.15 Å². The van der Waals surface area contributed by atoms with E-state index in [2.05, 4.69) is 22.3 Å². The summed E-state index contributed by atoms with van der Waals surface area (Å²) >= 11 is 0. The molecule has 26 heavy (non-hydrogen) atoms. The van der Waals surface area contributed by atoms with Crippen LogP contribution in [0.1, 0.15) is 25.1 Å². The molecule has 6 nitrogen and oxygen atoms in total. The maximum atomic E-state index is 11.7. The average molecular weight is 358 g/mol. The fourth-order valence-corrected chi connectivity index (χ4v) is 3.47. The third-order valence-corrected chi connectivity index (χ3v) is 5.05. The highest BCUT2D eigenvalue weighted by molar-refractivity contribution is 5.75. The first-order valence-electron chi connectivity index (χ1n) is 9.25. The predicted octanol–water partition coefficient (Wildman–Crippen LogP) is 1.26. The quantitative estimate of drug-likeness (QED) is 0.782. The van der Waals surface area contributed by atoms with Gasteiger partial charge in [0.1, 0.15) is 5.75 Å². The summed E-state index contributed by atoms with van der Waals surface area (Å²) in [6.07, 6.45) is 2.21. The fourth-order valence-electron chi connectivity index (χ4n) is 3.47. The Hall–Kier alpha value is -2.47. The second-order valence-electron chi connectivity index (χ2n) is 6.57. The summed E-state index contributed by atoms with van der Waals surface area (Å²) < 4.78 is 10.9. The van der Waals surface area contributed by atoms with Crippen molar-refractivity contribution in [2.24, 2.45) is 0 Å². The Balaban J connectivity index is 1.62. The van der Waals surface area contributed by atoms with Crippen LogP contribution in [0.15, 0.2) is 47.1 Å². The molecule has 6 heteroatoms. The van der Waals surface area contributed by atoms with Gasteiger partial charge in [-0.3, -0.25) is 4.79 Å². The summed E-state index contributed by atoms with van der Waals surface area (Å²) in [7, 11) is 1.68. The number of anilines is 1. The lowest BCUT2D eigenvalue weighted by Crippen LogP contribution is -3.15. The molecule has 3 rings (SSSR count). The van der Waals surface area contributed by atoms with E-state index in [1.807, 2.05) is 31.2 Å². The molecule has 2 heterocycles. The van der Waals surface area contributed by atoms with Crippen LogP contribution in [0.25, 0.3) is 0 Å². The number of hydrogen-bond acceptors (Lipinski definition) is 4. The van der Waals surface area contributed by atoms with Crippen LogP contribution in [0.4, 0.5) is 5.69 Å². The number of hydrogen-bond donors (Lipinski definition) is 2. The summed E-state index contributed by atoms with van der Waals surface area (Å²) in [5.41, 5.74) is 1.22. The minimum absolute atomic E-state index is 0.0813. The van der Waals surface area contributed by atoms with Gasteiger partial charge in [0.15, 0.2) is 11.8 Å². The van der Waals surface area contributed by atoms with Crippen LogP contribution < -0.4 is 19.9 Å². The number of benzene rings is 1. The number of nitrogens with zero attached hydrogens (tertiary/aromatic N) is 1. The maximum Gasteiger partial charge on any atom is 0.219 e. The highest BCUT2D eigenvalue weighted by Crippen LogP contribution is 2.19. The van der Waals surface area contributed by atoms with E-state index in [0.29, 0.717) is 13.0 Å². The van der Waals surface area contributed by atoms with Crippen molar-refractivity contribution in [1.82, 2.24) is 5.32 Å². The molecule has 0 radical (unpaired) electrons. The number of amides is 1. The Bertz CT molecular complexity index is 677. The largest absolute Gasteiger partial charge is 0.497 e. The van der Waals surface area contributed by atoms with Gasteiger partial charge in [0.2, 0.25) is 5.91 Å². The Morgan fingerprint density at radius 2 is 2.00 bits per heavy atom. The lowest BCUT2D eigenvalue weighted by Gasteiger charge is -2.37. The van der Waals surface area contributed by atoms with Crippen LogP contribution in [-0.4, -0.2) is 45.7 Å². The number of furan rings is 1. The molecule has 1 aromatic heterocycles. The second-order valence-corrected chi connectivity index (χ2v) is 6.57. The molecule has 140 valence electrons. The minimum atomic E-state index is 0.0813. The number of carbonyl (C=O) groups is 1. The van der Waals surface area contributed by atoms with E-state index in [1.54, 1.807) is 13.4 Å². The van der Waals surface area contributed by atoms with Crippen molar-refractivity contribution in [1.29, 1.82) is 0 Å². The second kappa shape index (κ2) is 8.76. The Labute approximate surface area is 154 Å². The van der Waals surface area contributed by atoms with Gasteiger partial charge in [-0.15, -0.1) is 0 Å². The fraction of sp³-hybridized carbons (Fsp3) is 0.450. The van der Waals surface area contributed by atoms with Crippen LogP contribution in [0.5, 0.6) is 5.75 Å². The lowest BCUT2D eigenvalue weighted by atomic mass is 10.1. The van der Waals surface area contributed by atoms with E-state index in [0.717, 1.165) is 37.7 Å². The van der Waals surface area contributed by atoms with Gasteiger partial charge in [0.05, 0.1) is 46.1 Å². The number of ether oxygens (including phenoxy) is 1. The molecular weight excluding hydrogens is 330 g/mol. The van der Waals surface area contributed by atoms with Crippen LogP contribution in [0.2, 0.25) is 0 Å². The molecule has 1 saturated heterocycles. The Morgan fingerprint density at radius 3 is 2.58 bits per heavy atom. The first kappa shape index (κ1) is 18.3. The smallest absolute Gasteiger partial charge is 0.219 e. The van der Waals surface area contributed by atoms with E-state index < -0.39 is 0 Å². The van der Waals surface area contributed by atoms with Crippen LogP contribution in [0, 0.1) is 0 Å². The third-order valence-electron chi connectivity index (χ3n) is 5.05. The molecule has 2 aromatic rings. The monoisotopic (exact) mass is 358 g/mol.